The summed E-state index contributed by atoms with van der Waals surface area (Å²) in [6, 6.07) is 43.0. The molecule has 2 saturated carbocycles. The summed E-state index contributed by atoms with van der Waals surface area (Å²) in [6.07, 6.45) is 15.0. The van der Waals surface area contributed by atoms with E-state index in [4.69, 9.17) is 6.57 Å². The topological polar surface area (TPSA) is 31.4 Å². The molecule has 7 aromatic rings. The van der Waals surface area contributed by atoms with Crippen molar-refractivity contribution in [1.29, 1.82) is 5.26 Å². The molecule has 0 saturated heterocycles. The third-order valence-corrected chi connectivity index (χ3v) is 11.9. The Labute approximate surface area is 300 Å². The van der Waals surface area contributed by atoms with E-state index in [-0.39, 0.29) is 5.70 Å². The number of hydrogen-bond donors (Lipinski definition) is 0. The van der Waals surface area contributed by atoms with E-state index in [1.54, 1.807) is 6.08 Å². The highest BCUT2D eigenvalue weighted by Crippen LogP contribution is 2.47. The lowest BCUT2D eigenvalue weighted by Gasteiger charge is -2.29. The van der Waals surface area contributed by atoms with Crippen LogP contribution in [0.25, 0.3) is 54.0 Å². The number of nitrogens with zero attached hydrogens (tertiary/aromatic N) is 3. The van der Waals surface area contributed by atoms with Crippen molar-refractivity contribution < 1.29 is 0 Å². The van der Waals surface area contributed by atoms with Gasteiger partial charge < -0.3 is 4.90 Å². The van der Waals surface area contributed by atoms with Crippen molar-refractivity contribution >= 4 is 66.2 Å². The Bertz CT molecular complexity index is 2400. The number of nitriles is 1. The first-order chi connectivity index (χ1) is 25.2. The first-order valence-electron chi connectivity index (χ1n) is 18.8. The van der Waals surface area contributed by atoms with Crippen LogP contribution in [0.5, 0.6) is 0 Å². The molecule has 0 spiro atoms. The maximum Gasteiger partial charge on any atom is 0.262 e. The van der Waals surface area contributed by atoms with Crippen LogP contribution in [0.1, 0.15) is 92.7 Å². The summed E-state index contributed by atoms with van der Waals surface area (Å²) in [5, 5.41) is 19.0. The molecule has 0 atom stereocenters. The van der Waals surface area contributed by atoms with Gasteiger partial charge in [0.15, 0.2) is 0 Å². The molecule has 248 valence electrons. The average molecular weight is 660 g/mol. The fraction of sp³-hybridized carbons (Fsp3) is 0.250. The monoisotopic (exact) mass is 659 g/mol. The molecule has 51 heavy (non-hydrogen) atoms. The molecule has 0 aliphatic heterocycles. The van der Waals surface area contributed by atoms with Gasteiger partial charge in [-0.3, -0.25) is 0 Å². The van der Waals surface area contributed by atoms with Crippen molar-refractivity contribution in [2.45, 2.75) is 76.0 Å². The Balaban J connectivity index is 1.23. The van der Waals surface area contributed by atoms with Crippen molar-refractivity contribution in [2.24, 2.45) is 0 Å². The summed E-state index contributed by atoms with van der Waals surface area (Å²) >= 11 is 0. The SMILES string of the molecule is [C-]#[N+]/C(C#N)=C\c1ccc2c3ccc(N(c4ccc(C5CCCCC5)cc4)c4ccc(C5CCCCC5)cc4)c4cccc(c5cccc1c52)c43. The van der Waals surface area contributed by atoms with E-state index in [0.717, 1.165) is 10.9 Å². The minimum absolute atomic E-state index is 0.0947. The van der Waals surface area contributed by atoms with Crippen LogP contribution in [-0.4, -0.2) is 0 Å². The van der Waals surface area contributed by atoms with E-state index in [0.29, 0.717) is 11.8 Å². The van der Waals surface area contributed by atoms with E-state index in [1.807, 2.05) is 6.07 Å². The second-order valence-electron chi connectivity index (χ2n) is 14.7. The number of fused-ring (bicyclic) bond motifs is 2. The van der Waals surface area contributed by atoms with Gasteiger partial charge in [0.2, 0.25) is 0 Å². The summed E-state index contributed by atoms with van der Waals surface area (Å²) < 4.78 is 0. The third kappa shape index (κ3) is 5.49. The van der Waals surface area contributed by atoms with Crippen LogP contribution < -0.4 is 4.90 Å². The summed E-state index contributed by atoms with van der Waals surface area (Å²) in [7, 11) is 0. The molecule has 2 aliphatic rings. The molecule has 0 N–H and O–H groups in total. The Hall–Kier alpha value is -5.64. The maximum atomic E-state index is 9.50. The van der Waals surface area contributed by atoms with Crippen molar-refractivity contribution in [3.8, 4) is 6.07 Å². The minimum atomic E-state index is 0.0947. The van der Waals surface area contributed by atoms with Gasteiger partial charge in [0, 0.05) is 16.8 Å². The molecule has 0 bridgehead atoms. The van der Waals surface area contributed by atoms with Gasteiger partial charge in [-0.05, 0) is 128 Å². The van der Waals surface area contributed by atoms with Crippen molar-refractivity contribution in [3.63, 3.8) is 0 Å². The van der Waals surface area contributed by atoms with Crippen LogP contribution in [0.2, 0.25) is 0 Å². The zero-order chi connectivity index (χ0) is 34.3. The molecule has 2 fully saturated rings. The fourth-order valence-electron chi connectivity index (χ4n) is 9.37. The lowest BCUT2D eigenvalue weighted by molar-refractivity contribution is 0.443. The van der Waals surface area contributed by atoms with E-state index in [2.05, 4.69) is 119 Å². The van der Waals surface area contributed by atoms with E-state index in [9.17, 15) is 5.26 Å². The molecule has 7 aromatic carbocycles. The molecular weight excluding hydrogens is 619 g/mol. The highest BCUT2D eigenvalue weighted by molar-refractivity contribution is 6.34. The van der Waals surface area contributed by atoms with Gasteiger partial charge in [0.1, 0.15) is 0 Å². The number of anilines is 3. The molecule has 0 amide bonds. The highest BCUT2D eigenvalue weighted by atomic mass is 15.1. The smallest absolute Gasteiger partial charge is 0.262 e. The standard InChI is InChI=1S/C48H41N3/c1-50-37(31-49)30-36-22-27-43-44-28-29-46(45-17-9-16-42(48(44)45)41-15-8-14-40(36)47(41)43)51(38-23-18-34(19-24-38)32-10-4-2-5-11-32)39-25-20-35(21-26-39)33-12-6-3-7-13-33/h8-9,14-30,32-33H,2-7,10-13H2/b37-30-. The number of benzene rings is 7. The van der Waals surface area contributed by atoms with E-state index in [1.165, 1.54) is 130 Å². The van der Waals surface area contributed by atoms with Gasteiger partial charge in [-0.2, -0.15) is 0 Å². The molecule has 0 aromatic heterocycles. The van der Waals surface area contributed by atoms with Gasteiger partial charge in [-0.15, -0.1) is 0 Å². The summed E-state index contributed by atoms with van der Waals surface area (Å²) in [5.41, 5.74) is 7.48. The highest BCUT2D eigenvalue weighted by Gasteiger charge is 2.22. The zero-order valence-corrected chi connectivity index (χ0v) is 29.0. The van der Waals surface area contributed by atoms with Crippen molar-refractivity contribution in [3.05, 3.63) is 143 Å². The van der Waals surface area contributed by atoms with Crippen molar-refractivity contribution in [1.82, 2.24) is 0 Å². The van der Waals surface area contributed by atoms with Crippen LogP contribution in [0.3, 0.4) is 0 Å². The molecule has 3 heteroatoms. The largest absolute Gasteiger partial charge is 0.310 e. The Morgan fingerprint density at radius 1 is 0.569 bits per heavy atom. The molecule has 9 rings (SSSR count). The van der Waals surface area contributed by atoms with Gasteiger partial charge >= 0.3 is 0 Å². The van der Waals surface area contributed by atoms with Gasteiger partial charge in [0.25, 0.3) is 5.70 Å². The second kappa shape index (κ2) is 13.2. The minimum Gasteiger partial charge on any atom is -0.310 e. The summed E-state index contributed by atoms with van der Waals surface area (Å²) in [4.78, 5) is 5.90. The molecule has 3 nitrogen and oxygen atoms in total. The van der Waals surface area contributed by atoms with Crippen LogP contribution in [-0.2, 0) is 0 Å². The van der Waals surface area contributed by atoms with E-state index < -0.39 is 0 Å². The van der Waals surface area contributed by atoms with Gasteiger partial charge in [-0.25, -0.2) is 10.1 Å². The Morgan fingerprint density at radius 2 is 1.04 bits per heavy atom. The van der Waals surface area contributed by atoms with Crippen LogP contribution in [0.4, 0.5) is 17.1 Å². The zero-order valence-electron chi connectivity index (χ0n) is 29.0. The van der Waals surface area contributed by atoms with E-state index >= 15 is 0 Å². The molecule has 0 heterocycles. The van der Waals surface area contributed by atoms with Crippen LogP contribution in [0, 0.1) is 17.9 Å². The first kappa shape index (κ1) is 31.3. The molecule has 0 unspecified atom stereocenters. The lowest BCUT2D eigenvalue weighted by Crippen LogP contribution is -2.12. The van der Waals surface area contributed by atoms with Gasteiger partial charge in [0.05, 0.1) is 18.3 Å². The maximum absolute atomic E-state index is 9.50. The predicted octanol–water partition coefficient (Wildman–Crippen LogP) is 14.1. The summed E-state index contributed by atoms with van der Waals surface area (Å²) in [6.45, 7) is 7.45. The third-order valence-electron chi connectivity index (χ3n) is 11.9. The molecular formula is C48H41N3. The average Bonchev–Trinajstić information content (AvgIpc) is 3.21. The number of hydrogen-bond acceptors (Lipinski definition) is 2. The number of allylic oxidation sites excluding steroid dienone is 1. The fourth-order valence-corrected chi connectivity index (χ4v) is 9.37. The summed E-state index contributed by atoms with van der Waals surface area (Å²) in [5.74, 6) is 1.34. The Kier molecular flexibility index (Phi) is 8.14. The van der Waals surface area contributed by atoms with Gasteiger partial charge in [-0.1, -0.05) is 117 Å². The van der Waals surface area contributed by atoms with Crippen molar-refractivity contribution in [2.75, 3.05) is 4.90 Å². The Morgan fingerprint density at radius 3 is 1.57 bits per heavy atom. The second-order valence-corrected chi connectivity index (χ2v) is 14.7. The van der Waals surface area contributed by atoms with Crippen LogP contribution >= 0.6 is 0 Å². The quantitative estimate of drug-likeness (QED) is 0.0770. The van der Waals surface area contributed by atoms with Crippen LogP contribution in [0.15, 0.2) is 115 Å². The first-order valence-corrected chi connectivity index (χ1v) is 18.8. The molecule has 0 radical (unpaired) electrons. The number of rotatable bonds is 6. The lowest BCUT2D eigenvalue weighted by atomic mass is 9.84. The normalized spacial score (nSPS) is 16.2. The predicted molar refractivity (Wildman–Crippen MR) is 214 cm³/mol. The molecule has 2 aliphatic carbocycles.